The van der Waals surface area contributed by atoms with Crippen LogP contribution in [0.15, 0.2) is 18.3 Å². The first-order valence-electron chi connectivity index (χ1n) is 5.95. The van der Waals surface area contributed by atoms with Crippen LogP contribution in [0.3, 0.4) is 0 Å². The Morgan fingerprint density at radius 1 is 1.38 bits per heavy atom. The second-order valence-corrected chi connectivity index (χ2v) is 5.08. The maximum Gasteiger partial charge on any atom is 0.123 e. The second-order valence-electron chi connectivity index (χ2n) is 5.08. The first kappa shape index (κ1) is 9.90. The minimum absolute atomic E-state index is 0.527. The van der Waals surface area contributed by atoms with E-state index in [2.05, 4.69) is 21.3 Å². The third kappa shape index (κ3) is 1.63. The van der Waals surface area contributed by atoms with Gasteiger partial charge in [0, 0.05) is 25.0 Å². The van der Waals surface area contributed by atoms with Crippen LogP contribution in [0.2, 0.25) is 0 Å². The Hall–Kier alpha value is -1.29. The number of nitrogens with one attached hydrogen (secondary N) is 1. The van der Waals surface area contributed by atoms with Crippen LogP contribution < -0.4 is 16.0 Å². The SMILES string of the molecule is Nc1ccc(N2CC3(CCCNC3)C2)cn1. The molecule has 86 valence electrons. The first-order chi connectivity index (χ1) is 7.77. The Labute approximate surface area is 95.8 Å². The molecule has 2 aliphatic rings. The first-order valence-corrected chi connectivity index (χ1v) is 5.95. The molecule has 3 rings (SSSR count). The highest BCUT2D eigenvalue weighted by Gasteiger charge is 2.43. The molecule has 0 radical (unpaired) electrons. The Morgan fingerprint density at radius 3 is 2.88 bits per heavy atom. The maximum absolute atomic E-state index is 5.58. The van der Waals surface area contributed by atoms with E-state index in [1.54, 1.807) is 0 Å². The standard InChI is InChI=1S/C12H18N4/c13-11-3-2-10(6-15-11)16-8-12(9-16)4-1-5-14-7-12/h2-3,6,14H,1,4-5,7-9H2,(H2,13,15). The smallest absolute Gasteiger partial charge is 0.123 e. The summed E-state index contributed by atoms with van der Waals surface area (Å²) in [4.78, 5) is 6.52. The van der Waals surface area contributed by atoms with Gasteiger partial charge in [-0.1, -0.05) is 0 Å². The Balaban J connectivity index is 1.66. The van der Waals surface area contributed by atoms with Crippen LogP contribution in [0, 0.1) is 5.41 Å². The molecule has 16 heavy (non-hydrogen) atoms. The monoisotopic (exact) mass is 218 g/mol. The molecule has 0 atom stereocenters. The van der Waals surface area contributed by atoms with Crippen molar-refractivity contribution in [1.29, 1.82) is 0 Å². The molecule has 4 heteroatoms. The van der Waals surface area contributed by atoms with Gasteiger partial charge in [0.05, 0.1) is 11.9 Å². The zero-order valence-electron chi connectivity index (χ0n) is 9.45. The number of anilines is 2. The van der Waals surface area contributed by atoms with Crippen molar-refractivity contribution < 1.29 is 0 Å². The molecule has 0 bridgehead atoms. The number of rotatable bonds is 1. The van der Waals surface area contributed by atoms with Gasteiger partial charge in [-0.3, -0.25) is 0 Å². The van der Waals surface area contributed by atoms with Crippen molar-refractivity contribution in [3.05, 3.63) is 18.3 Å². The number of hydrogen-bond acceptors (Lipinski definition) is 4. The van der Waals surface area contributed by atoms with Crippen molar-refractivity contribution in [2.24, 2.45) is 5.41 Å². The molecule has 1 aromatic rings. The molecule has 0 unspecified atom stereocenters. The molecule has 1 spiro atoms. The van der Waals surface area contributed by atoms with E-state index in [0.29, 0.717) is 11.2 Å². The van der Waals surface area contributed by atoms with Gasteiger partial charge < -0.3 is 16.0 Å². The molecule has 2 saturated heterocycles. The predicted octanol–water partition coefficient (Wildman–Crippen LogP) is 0.854. The van der Waals surface area contributed by atoms with E-state index < -0.39 is 0 Å². The molecule has 0 amide bonds. The third-order valence-corrected chi connectivity index (χ3v) is 3.75. The average Bonchev–Trinajstić information content (AvgIpc) is 2.28. The van der Waals surface area contributed by atoms with E-state index in [-0.39, 0.29) is 0 Å². The van der Waals surface area contributed by atoms with E-state index >= 15 is 0 Å². The summed E-state index contributed by atoms with van der Waals surface area (Å²) in [5.74, 6) is 0.596. The van der Waals surface area contributed by atoms with Crippen LogP contribution in [0.1, 0.15) is 12.8 Å². The second kappa shape index (κ2) is 3.63. The van der Waals surface area contributed by atoms with E-state index in [9.17, 15) is 0 Å². The lowest BCUT2D eigenvalue weighted by atomic mass is 9.74. The van der Waals surface area contributed by atoms with E-state index in [1.807, 2.05) is 12.3 Å². The van der Waals surface area contributed by atoms with Gasteiger partial charge in [0.15, 0.2) is 0 Å². The molecule has 2 fully saturated rings. The number of hydrogen-bond donors (Lipinski definition) is 2. The van der Waals surface area contributed by atoms with Crippen LogP contribution in [0.4, 0.5) is 11.5 Å². The predicted molar refractivity (Wildman–Crippen MR) is 65.4 cm³/mol. The largest absolute Gasteiger partial charge is 0.384 e. The fourth-order valence-corrected chi connectivity index (χ4v) is 2.83. The zero-order valence-corrected chi connectivity index (χ0v) is 9.45. The van der Waals surface area contributed by atoms with Crippen molar-refractivity contribution in [2.45, 2.75) is 12.8 Å². The summed E-state index contributed by atoms with van der Waals surface area (Å²) in [7, 11) is 0. The third-order valence-electron chi connectivity index (χ3n) is 3.75. The number of pyridine rings is 1. The van der Waals surface area contributed by atoms with E-state index in [4.69, 9.17) is 5.73 Å². The molecular formula is C12H18N4. The number of nitrogens with zero attached hydrogens (tertiary/aromatic N) is 2. The van der Waals surface area contributed by atoms with Gasteiger partial charge in [0.1, 0.15) is 5.82 Å². The van der Waals surface area contributed by atoms with Crippen LogP contribution >= 0.6 is 0 Å². The number of aromatic nitrogens is 1. The van der Waals surface area contributed by atoms with E-state index in [1.165, 1.54) is 31.6 Å². The zero-order chi connectivity index (χ0) is 11.0. The van der Waals surface area contributed by atoms with Crippen LogP contribution in [-0.2, 0) is 0 Å². The summed E-state index contributed by atoms with van der Waals surface area (Å²) in [6.07, 6.45) is 4.55. The summed E-state index contributed by atoms with van der Waals surface area (Å²) in [5, 5.41) is 3.50. The molecule has 0 aromatic carbocycles. The average molecular weight is 218 g/mol. The maximum atomic E-state index is 5.58. The van der Waals surface area contributed by atoms with Crippen molar-refractivity contribution in [2.75, 3.05) is 36.8 Å². The summed E-state index contributed by atoms with van der Waals surface area (Å²) in [5.41, 5.74) is 7.31. The molecule has 3 heterocycles. The van der Waals surface area contributed by atoms with Gasteiger partial charge >= 0.3 is 0 Å². The van der Waals surface area contributed by atoms with Crippen molar-refractivity contribution >= 4 is 11.5 Å². The van der Waals surface area contributed by atoms with Gasteiger partial charge in [-0.25, -0.2) is 4.98 Å². The molecule has 2 aliphatic heterocycles. The number of nitrogen functional groups attached to an aromatic ring is 1. The molecule has 1 aromatic heterocycles. The highest BCUT2D eigenvalue weighted by Crippen LogP contribution is 2.38. The molecule has 0 aliphatic carbocycles. The fraction of sp³-hybridized carbons (Fsp3) is 0.583. The Bertz CT molecular complexity index is 359. The fourth-order valence-electron chi connectivity index (χ4n) is 2.83. The lowest BCUT2D eigenvalue weighted by molar-refractivity contribution is 0.157. The van der Waals surface area contributed by atoms with Crippen molar-refractivity contribution in [1.82, 2.24) is 10.3 Å². The van der Waals surface area contributed by atoms with Crippen LogP contribution in [0.25, 0.3) is 0 Å². The van der Waals surface area contributed by atoms with Gasteiger partial charge in [-0.15, -0.1) is 0 Å². The summed E-state index contributed by atoms with van der Waals surface area (Å²) in [6.45, 7) is 4.67. The minimum Gasteiger partial charge on any atom is -0.384 e. The quantitative estimate of drug-likeness (QED) is 0.734. The molecule has 4 nitrogen and oxygen atoms in total. The minimum atomic E-state index is 0.527. The van der Waals surface area contributed by atoms with E-state index in [0.717, 1.165) is 13.1 Å². The molecule has 0 saturated carbocycles. The normalized spacial score (nSPS) is 23.1. The lowest BCUT2D eigenvalue weighted by Crippen LogP contribution is -2.62. The summed E-state index contributed by atoms with van der Waals surface area (Å²) in [6, 6.07) is 3.94. The number of nitrogens with two attached hydrogens (primary N) is 1. The highest BCUT2D eigenvalue weighted by molar-refractivity contribution is 5.51. The van der Waals surface area contributed by atoms with Gasteiger partial charge in [0.2, 0.25) is 0 Å². The Kier molecular flexibility index (Phi) is 2.24. The van der Waals surface area contributed by atoms with Crippen molar-refractivity contribution in [3.8, 4) is 0 Å². The number of piperidine rings is 1. The van der Waals surface area contributed by atoms with Gasteiger partial charge in [-0.05, 0) is 31.5 Å². The topological polar surface area (TPSA) is 54.2 Å². The van der Waals surface area contributed by atoms with Gasteiger partial charge in [-0.2, -0.15) is 0 Å². The van der Waals surface area contributed by atoms with Crippen LogP contribution in [0.5, 0.6) is 0 Å². The Morgan fingerprint density at radius 2 is 2.25 bits per heavy atom. The highest BCUT2D eigenvalue weighted by atomic mass is 15.2. The van der Waals surface area contributed by atoms with Crippen molar-refractivity contribution in [3.63, 3.8) is 0 Å². The van der Waals surface area contributed by atoms with Gasteiger partial charge in [0.25, 0.3) is 0 Å². The summed E-state index contributed by atoms with van der Waals surface area (Å²) < 4.78 is 0. The molecule has 3 N–H and O–H groups in total. The molecular weight excluding hydrogens is 200 g/mol. The lowest BCUT2D eigenvalue weighted by Gasteiger charge is -2.53. The van der Waals surface area contributed by atoms with Crippen LogP contribution in [-0.4, -0.2) is 31.2 Å². The summed E-state index contributed by atoms with van der Waals surface area (Å²) >= 11 is 0.